The average molecular weight is 538 g/mol. The van der Waals surface area contributed by atoms with Crippen molar-refractivity contribution in [3.63, 3.8) is 0 Å². The van der Waals surface area contributed by atoms with Gasteiger partial charge in [0.05, 0.1) is 10.0 Å². The van der Waals surface area contributed by atoms with Gasteiger partial charge in [0.2, 0.25) is 0 Å². The quantitative estimate of drug-likeness (QED) is 0.249. The number of nitrogens with zero attached hydrogens (tertiary/aromatic N) is 1. The molecule has 0 aliphatic rings. The van der Waals surface area contributed by atoms with Crippen LogP contribution in [-0.4, -0.2) is 14.2 Å². The van der Waals surface area contributed by atoms with Crippen LogP contribution in [0.4, 0.5) is 0 Å². The van der Waals surface area contributed by atoms with Crippen LogP contribution in [0.2, 0.25) is 0 Å². The van der Waals surface area contributed by atoms with E-state index in [4.69, 9.17) is 5.73 Å². The Morgan fingerprint density at radius 3 is 1.67 bits per heavy atom. The van der Waals surface area contributed by atoms with Gasteiger partial charge in [0.25, 0.3) is 0 Å². The van der Waals surface area contributed by atoms with Crippen molar-refractivity contribution in [1.82, 2.24) is 0 Å². The summed E-state index contributed by atoms with van der Waals surface area (Å²) in [4.78, 5) is 0. The minimum absolute atomic E-state index is 0. The maximum absolute atomic E-state index is 12.9. The third kappa shape index (κ3) is 9.15. The zero-order chi connectivity index (χ0) is 22.0. The summed E-state index contributed by atoms with van der Waals surface area (Å²) in [7, 11) is 0.903. The van der Waals surface area contributed by atoms with Crippen LogP contribution in [0.1, 0.15) is 50.9 Å². The number of halogens is 1. The van der Waals surface area contributed by atoms with E-state index in [1.54, 1.807) is 0 Å². The molecular weight excluding hydrogens is 505 g/mol. The van der Waals surface area contributed by atoms with Gasteiger partial charge in [0, 0.05) is 5.75 Å². The van der Waals surface area contributed by atoms with Crippen LogP contribution in [0.15, 0.2) is 60.7 Å². The Balaban J connectivity index is 0.00000272. The Labute approximate surface area is 197 Å². The van der Waals surface area contributed by atoms with E-state index in [-0.39, 0.29) is 30.9 Å². The fourth-order valence-corrected chi connectivity index (χ4v) is 5.35. The standard InChI is InChI=1S/C22H30N2O2S.CH3.ClH.Ru/c1-16(2)20(17(3)4)15-27(25,26)24-22(19-13-9-6-10-14-19)21(23)18-11-7-5-8-12-18;;;/h5-14,16-17,20-23H,15H2,1-4H3;1H3;1H;/q-2;-1;;+4/p-1. The molecule has 1 N–H and O–H groups in total. The number of rotatable bonds is 9. The van der Waals surface area contributed by atoms with E-state index in [0.717, 1.165) is 11.1 Å². The second-order valence-electron chi connectivity index (χ2n) is 7.75. The van der Waals surface area contributed by atoms with Crippen molar-refractivity contribution in [3.05, 3.63) is 89.7 Å². The molecule has 30 heavy (non-hydrogen) atoms. The molecule has 0 aliphatic heterocycles. The minimum atomic E-state index is -3.67. The van der Waals surface area contributed by atoms with Crippen molar-refractivity contribution in [2.24, 2.45) is 17.8 Å². The molecule has 0 aromatic heterocycles. The van der Waals surface area contributed by atoms with Gasteiger partial charge in [0.15, 0.2) is 0 Å². The zero-order valence-corrected chi connectivity index (χ0v) is 21.6. The molecule has 0 amide bonds. The predicted molar refractivity (Wildman–Crippen MR) is 125 cm³/mol. The summed E-state index contributed by atoms with van der Waals surface area (Å²) in [5.41, 5.74) is 10.2. The normalized spacial score (nSPS) is 13.4. The van der Waals surface area contributed by atoms with Gasteiger partial charge in [-0.1, -0.05) is 99.5 Å². The Hall–Kier alpha value is -0.777. The van der Waals surface area contributed by atoms with Gasteiger partial charge < -0.3 is 17.9 Å². The molecular formula is C23H33ClN2O2RuS. The first-order valence-electron chi connectivity index (χ1n) is 9.60. The average Bonchev–Trinajstić information content (AvgIpc) is 2.72. The van der Waals surface area contributed by atoms with Gasteiger partial charge in [0.1, 0.15) is 0 Å². The van der Waals surface area contributed by atoms with Gasteiger partial charge in [-0.05, 0) is 17.8 Å². The second kappa shape index (κ2) is 14.3. The number of nitrogens with one attached hydrogen (secondary N) is 1. The van der Waals surface area contributed by atoms with E-state index in [0.29, 0.717) is 0 Å². The Morgan fingerprint density at radius 2 is 1.27 bits per heavy atom. The topological polar surface area (TPSA) is 72.0 Å². The van der Waals surface area contributed by atoms with Crippen molar-refractivity contribution in [3.8, 4) is 0 Å². The summed E-state index contributed by atoms with van der Waals surface area (Å²) in [5.74, 6) is 0.570. The number of benzene rings is 2. The summed E-state index contributed by atoms with van der Waals surface area (Å²) in [5, 5.41) is 0. The third-order valence-corrected chi connectivity index (χ3v) is 6.36. The van der Waals surface area contributed by atoms with E-state index >= 15 is 0 Å². The van der Waals surface area contributed by atoms with Gasteiger partial charge in [-0.15, -0.1) is 12.1 Å². The summed E-state index contributed by atoms with van der Waals surface area (Å²) < 4.78 is 30.1. The molecule has 0 heterocycles. The van der Waals surface area contributed by atoms with E-state index in [1.165, 1.54) is 0 Å². The Bertz CT molecular complexity index is 794. The first-order valence-corrected chi connectivity index (χ1v) is 13.4. The van der Waals surface area contributed by atoms with E-state index in [1.807, 2.05) is 106 Å². The van der Waals surface area contributed by atoms with Crippen molar-refractivity contribution < 1.29 is 25.7 Å². The second-order valence-corrected chi connectivity index (χ2v) is 9.46. The molecule has 0 bridgehead atoms. The maximum atomic E-state index is 12.9. The van der Waals surface area contributed by atoms with Gasteiger partial charge in [-0.3, -0.25) is 0 Å². The van der Waals surface area contributed by atoms with E-state index in [9.17, 15) is 8.42 Å². The van der Waals surface area contributed by atoms with Gasteiger partial charge in [-0.2, -0.15) is 0 Å². The van der Waals surface area contributed by atoms with Gasteiger partial charge in [-0.25, -0.2) is 8.42 Å². The van der Waals surface area contributed by atoms with Crippen LogP contribution in [-0.2, 0) is 27.3 Å². The molecule has 0 saturated carbocycles. The summed E-state index contributed by atoms with van der Waals surface area (Å²) in [6.07, 6.45) is 0. The molecule has 0 spiro atoms. The molecule has 2 aromatic rings. The SMILES string of the molecule is CC(C)C(CS(=O)(=O)[N-]C(c1ccccc1)C([NH-])c1ccccc1)C(C)C.[CH3-].[Cl][Ru+3]. The molecule has 2 unspecified atom stereocenters. The molecule has 168 valence electrons. The van der Waals surface area contributed by atoms with Crippen molar-refractivity contribution in [2.75, 3.05) is 5.75 Å². The van der Waals surface area contributed by atoms with Crippen molar-refractivity contribution in [2.45, 2.75) is 39.8 Å². The number of hydrogen-bond donors (Lipinski definition) is 0. The van der Waals surface area contributed by atoms with Crippen LogP contribution in [0.5, 0.6) is 0 Å². The molecule has 2 atom stereocenters. The van der Waals surface area contributed by atoms with Crippen molar-refractivity contribution in [1.29, 1.82) is 0 Å². The molecule has 0 radical (unpaired) electrons. The fourth-order valence-electron chi connectivity index (χ4n) is 3.42. The van der Waals surface area contributed by atoms with Crippen LogP contribution in [0.25, 0.3) is 10.5 Å². The number of hydrogen-bond acceptors (Lipinski definition) is 2. The Kier molecular flexibility index (Phi) is 13.9. The number of sulfonamides is 1. The van der Waals surface area contributed by atoms with E-state index < -0.39 is 22.1 Å². The van der Waals surface area contributed by atoms with Crippen LogP contribution in [0, 0.1) is 25.2 Å². The van der Waals surface area contributed by atoms with Crippen molar-refractivity contribution >= 4 is 19.7 Å². The molecule has 4 nitrogen and oxygen atoms in total. The fraction of sp³-hybridized carbons (Fsp3) is 0.435. The molecule has 0 aliphatic carbocycles. The molecule has 0 saturated heterocycles. The molecule has 2 rings (SSSR count). The molecule has 7 heteroatoms. The molecule has 2 aromatic carbocycles. The Morgan fingerprint density at radius 1 is 0.867 bits per heavy atom. The van der Waals surface area contributed by atoms with E-state index in [2.05, 4.69) is 14.4 Å². The summed E-state index contributed by atoms with van der Waals surface area (Å²) >= 11 is 1.82. The van der Waals surface area contributed by atoms with Crippen LogP contribution in [0.3, 0.4) is 0 Å². The first-order chi connectivity index (χ1) is 13.7. The van der Waals surface area contributed by atoms with Gasteiger partial charge >= 0.3 is 27.0 Å². The summed E-state index contributed by atoms with van der Waals surface area (Å²) in [6, 6.07) is 17.1. The third-order valence-electron chi connectivity index (χ3n) is 5.01. The predicted octanol–water partition coefficient (Wildman–Crippen LogP) is 7.29. The van der Waals surface area contributed by atoms with Crippen LogP contribution < -0.4 is 0 Å². The first kappa shape index (κ1) is 29.2. The monoisotopic (exact) mass is 538 g/mol. The van der Waals surface area contributed by atoms with Crippen LogP contribution >= 0.6 is 9.69 Å². The molecule has 0 fully saturated rings. The summed E-state index contributed by atoms with van der Waals surface area (Å²) in [6.45, 7) is 8.19. The zero-order valence-electron chi connectivity index (χ0n) is 18.3.